The van der Waals surface area contributed by atoms with E-state index in [-0.39, 0.29) is 24.7 Å². The smallest absolute Gasteiger partial charge is 0.365 e. The first-order valence-corrected chi connectivity index (χ1v) is 17.2. The van der Waals surface area contributed by atoms with E-state index >= 15 is 0 Å². The minimum Gasteiger partial charge on any atom is -0.487 e. The minimum absolute atomic E-state index is 0.121. The molecule has 0 spiro atoms. The highest BCUT2D eigenvalue weighted by atomic mass is 16.6. The second-order valence-corrected chi connectivity index (χ2v) is 12.8. The van der Waals surface area contributed by atoms with Gasteiger partial charge in [0.05, 0.1) is 14.1 Å². The molecular formula is C38H62NO3+. The molecule has 0 aliphatic carbocycles. The molecule has 0 heterocycles. The molecule has 2 rings (SSSR count). The summed E-state index contributed by atoms with van der Waals surface area (Å²) < 4.78 is 13.0. The van der Waals surface area contributed by atoms with Gasteiger partial charge in [-0.05, 0) is 37.3 Å². The molecule has 2 unspecified atom stereocenters. The Bertz CT molecular complexity index is 958. The lowest BCUT2D eigenvalue weighted by Crippen LogP contribution is -2.53. The van der Waals surface area contributed by atoms with E-state index in [0.29, 0.717) is 4.48 Å². The van der Waals surface area contributed by atoms with E-state index in [1.807, 2.05) is 12.1 Å². The van der Waals surface area contributed by atoms with Gasteiger partial charge in [0.1, 0.15) is 25.0 Å². The van der Waals surface area contributed by atoms with Crippen LogP contribution in [-0.2, 0) is 22.5 Å². The number of benzene rings is 2. The molecule has 0 saturated heterocycles. The number of ether oxygens (including phenoxy) is 2. The molecule has 0 amide bonds. The van der Waals surface area contributed by atoms with E-state index in [9.17, 15) is 4.79 Å². The highest BCUT2D eigenvalue weighted by molar-refractivity contribution is 5.74. The Morgan fingerprint density at radius 2 is 1.29 bits per heavy atom. The summed E-state index contributed by atoms with van der Waals surface area (Å²) in [5, 5.41) is 0. The van der Waals surface area contributed by atoms with Crippen LogP contribution in [-0.4, -0.2) is 43.3 Å². The fourth-order valence-corrected chi connectivity index (χ4v) is 5.86. The summed E-state index contributed by atoms with van der Waals surface area (Å²) >= 11 is 0. The zero-order valence-electron chi connectivity index (χ0n) is 27.8. The molecule has 0 aliphatic rings. The fourth-order valence-electron chi connectivity index (χ4n) is 5.86. The minimum atomic E-state index is -0.203. The third-order valence-electron chi connectivity index (χ3n) is 8.54. The normalized spacial score (nSPS) is 13.1. The van der Waals surface area contributed by atoms with Crippen LogP contribution in [0.25, 0.3) is 0 Å². The topological polar surface area (TPSA) is 35.5 Å². The Morgan fingerprint density at radius 1 is 0.714 bits per heavy atom. The van der Waals surface area contributed by atoms with Crippen LogP contribution in [0.1, 0.15) is 128 Å². The van der Waals surface area contributed by atoms with Gasteiger partial charge in [0.25, 0.3) is 0 Å². The highest BCUT2D eigenvalue weighted by Crippen LogP contribution is 2.24. The Kier molecular flexibility index (Phi) is 18.3. The van der Waals surface area contributed by atoms with Crippen molar-refractivity contribution in [3.8, 4) is 5.75 Å². The van der Waals surface area contributed by atoms with Gasteiger partial charge in [-0.25, -0.2) is 4.79 Å². The van der Waals surface area contributed by atoms with E-state index in [2.05, 4.69) is 77.3 Å². The molecule has 0 radical (unpaired) electrons. The van der Waals surface area contributed by atoms with Crippen LogP contribution in [0.2, 0.25) is 0 Å². The van der Waals surface area contributed by atoms with E-state index < -0.39 is 0 Å². The lowest BCUT2D eigenvalue weighted by atomic mass is 10.0. The first kappa shape index (κ1) is 35.9. The van der Waals surface area contributed by atoms with Gasteiger partial charge in [-0.15, -0.1) is 0 Å². The van der Waals surface area contributed by atoms with Gasteiger partial charge < -0.3 is 14.0 Å². The van der Waals surface area contributed by atoms with Gasteiger partial charge in [0, 0.05) is 12.0 Å². The summed E-state index contributed by atoms with van der Waals surface area (Å²) in [6.07, 6.45) is 19.7. The number of esters is 1. The van der Waals surface area contributed by atoms with Crippen molar-refractivity contribution >= 4 is 5.97 Å². The molecule has 4 nitrogen and oxygen atoms in total. The van der Waals surface area contributed by atoms with Crippen LogP contribution in [0.4, 0.5) is 0 Å². The zero-order valence-corrected chi connectivity index (χ0v) is 27.8. The van der Waals surface area contributed by atoms with E-state index in [0.717, 1.165) is 38.0 Å². The number of unbranched alkanes of at least 4 members (excludes halogenated alkanes) is 11. The summed E-state index contributed by atoms with van der Waals surface area (Å²) in [6, 6.07) is 18.6. The molecule has 2 aromatic rings. The van der Waals surface area contributed by atoms with Crippen LogP contribution >= 0.6 is 0 Å². The standard InChI is InChI=1S/C38H62NO3/c1-6-9-10-11-12-13-14-15-16-17-18-22-28-34-29-23-24-30-37(34)42-35(8-3)32-41-38(40)36(25-7-2)39(4,5)31-33-26-20-19-21-27-33/h19-21,23-24,26-27,29-30,35-36H,6-18,22,25,28,31-32H2,1-5H3/q+1. The molecule has 4 heteroatoms. The summed E-state index contributed by atoms with van der Waals surface area (Å²) in [6.45, 7) is 7.60. The van der Waals surface area contributed by atoms with Crippen LogP contribution in [0.15, 0.2) is 54.6 Å². The van der Waals surface area contributed by atoms with Crippen LogP contribution < -0.4 is 4.74 Å². The van der Waals surface area contributed by atoms with Crippen molar-refractivity contribution in [3.63, 3.8) is 0 Å². The number of para-hydroxylation sites is 1. The van der Waals surface area contributed by atoms with Gasteiger partial charge in [-0.1, -0.05) is 140 Å². The Hall–Kier alpha value is -2.33. The Morgan fingerprint density at radius 3 is 1.88 bits per heavy atom. The largest absolute Gasteiger partial charge is 0.487 e. The lowest BCUT2D eigenvalue weighted by Gasteiger charge is -2.36. The monoisotopic (exact) mass is 580 g/mol. The average Bonchev–Trinajstić information content (AvgIpc) is 2.99. The number of aryl methyl sites for hydroxylation is 1. The van der Waals surface area contributed by atoms with Gasteiger partial charge in [-0.3, -0.25) is 0 Å². The Balaban J connectivity index is 1.78. The number of carbonyl (C=O) groups is 1. The van der Waals surface area contributed by atoms with E-state index in [1.54, 1.807) is 0 Å². The van der Waals surface area contributed by atoms with E-state index in [4.69, 9.17) is 9.47 Å². The zero-order chi connectivity index (χ0) is 30.5. The van der Waals surface area contributed by atoms with Crippen molar-refractivity contribution in [2.24, 2.45) is 0 Å². The quantitative estimate of drug-likeness (QED) is 0.0704. The number of nitrogens with zero attached hydrogens (tertiary/aromatic N) is 1. The number of hydrogen-bond acceptors (Lipinski definition) is 3. The third kappa shape index (κ3) is 14.2. The first-order valence-electron chi connectivity index (χ1n) is 17.2. The van der Waals surface area contributed by atoms with Crippen molar-refractivity contribution in [2.75, 3.05) is 20.7 Å². The molecule has 2 aromatic carbocycles. The van der Waals surface area contributed by atoms with Gasteiger partial charge in [0.15, 0.2) is 6.04 Å². The number of carbonyl (C=O) groups excluding carboxylic acids is 1. The first-order chi connectivity index (χ1) is 20.4. The van der Waals surface area contributed by atoms with Crippen molar-refractivity contribution < 1.29 is 18.8 Å². The molecule has 0 fully saturated rings. The van der Waals surface area contributed by atoms with Crippen LogP contribution in [0.5, 0.6) is 5.75 Å². The summed E-state index contributed by atoms with van der Waals surface area (Å²) in [4.78, 5) is 13.4. The fraction of sp³-hybridized carbons (Fsp3) is 0.658. The maximum atomic E-state index is 13.4. The maximum absolute atomic E-state index is 13.4. The van der Waals surface area contributed by atoms with Gasteiger partial charge in [0.2, 0.25) is 0 Å². The molecular weight excluding hydrogens is 518 g/mol. The molecule has 0 aliphatic heterocycles. The molecule has 236 valence electrons. The number of quaternary nitrogens is 1. The van der Waals surface area contributed by atoms with Crippen LogP contribution in [0.3, 0.4) is 0 Å². The van der Waals surface area contributed by atoms with Gasteiger partial charge >= 0.3 is 5.97 Å². The number of hydrogen-bond donors (Lipinski definition) is 0. The Labute approximate surface area is 258 Å². The van der Waals surface area contributed by atoms with Crippen molar-refractivity contribution in [1.82, 2.24) is 0 Å². The highest BCUT2D eigenvalue weighted by Gasteiger charge is 2.36. The third-order valence-corrected chi connectivity index (χ3v) is 8.54. The van der Waals surface area contributed by atoms with Crippen molar-refractivity contribution in [2.45, 2.75) is 142 Å². The number of likely N-dealkylation sites (N-methyl/N-ethyl adjacent to an activating group) is 1. The lowest BCUT2D eigenvalue weighted by molar-refractivity contribution is -0.920. The van der Waals surface area contributed by atoms with Crippen molar-refractivity contribution in [3.05, 3.63) is 65.7 Å². The predicted molar refractivity (Wildman–Crippen MR) is 178 cm³/mol. The second kappa shape index (κ2) is 21.4. The SMILES string of the molecule is CCCCCCCCCCCCCCc1ccccc1OC(CC)COC(=O)C(CCC)[N+](C)(C)Cc1ccccc1. The number of rotatable bonds is 24. The molecule has 0 N–H and O–H groups in total. The summed E-state index contributed by atoms with van der Waals surface area (Å²) in [5.41, 5.74) is 2.50. The van der Waals surface area contributed by atoms with Crippen LogP contribution in [0, 0.1) is 0 Å². The molecule has 2 atom stereocenters. The predicted octanol–water partition coefficient (Wildman–Crippen LogP) is 10.1. The molecule has 42 heavy (non-hydrogen) atoms. The summed E-state index contributed by atoms with van der Waals surface area (Å²) in [7, 11) is 4.27. The average molecular weight is 581 g/mol. The second-order valence-electron chi connectivity index (χ2n) is 12.8. The summed E-state index contributed by atoms with van der Waals surface area (Å²) in [5.74, 6) is 0.818. The molecule has 0 saturated carbocycles. The van der Waals surface area contributed by atoms with Crippen molar-refractivity contribution in [1.29, 1.82) is 0 Å². The maximum Gasteiger partial charge on any atom is 0.365 e. The van der Waals surface area contributed by atoms with E-state index in [1.165, 1.54) is 88.2 Å². The molecule has 0 aromatic heterocycles. The molecule has 0 bridgehead atoms. The van der Waals surface area contributed by atoms with Gasteiger partial charge in [-0.2, -0.15) is 0 Å².